The number of pyridine rings is 1. The predicted molar refractivity (Wildman–Crippen MR) is 90.8 cm³/mol. The molecule has 1 aliphatic rings. The molecule has 0 spiro atoms. The Kier molecular flexibility index (Phi) is 4.51. The Morgan fingerprint density at radius 3 is 3.00 bits per heavy atom. The van der Waals surface area contributed by atoms with Crippen molar-refractivity contribution in [3.8, 4) is 11.6 Å². The van der Waals surface area contributed by atoms with Gasteiger partial charge in [-0.15, -0.1) is 6.58 Å². The molecule has 1 aliphatic heterocycles. The summed E-state index contributed by atoms with van der Waals surface area (Å²) in [5.74, 6) is 0.549. The number of hydrogen-bond donors (Lipinski definition) is 0. The molecule has 120 valence electrons. The molecule has 2 aromatic heterocycles. The molecule has 23 heavy (non-hydrogen) atoms. The fourth-order valence-corrected chi connectivity index (χ4v) is 2.69. The monoisotopic (exact) mass is 427 g/mol. The lowest BCUT2D eigenvalue weighted by atomic mass is 10.3. The Balaban J connectivity index is 1.96. The van der Waals surface area contributed by atoms with Gasteiger partial charge in [0, 0.05) is 16.2 Å². The highest BCUT2D eigenvalue weighted by molar-refractivity contribution is 14.1. The fraction of sp³-hybridized carbons (Fsp3) is 0.267. The van der Waals surface area contributed by atoms with E-state index >= 15 is 0 Å². The van der Waals surface area contributed by atoms with Gasteiger partial charge in [0.25, 0.3) is 11.8 Å². The zero-order valence-electron chi connectivity index (χ0n) is 12.4. The van der Waals surface area contributed by atoms with Crippen molar-refractivity contribution in [2.75, 3.05) is 18.2 Å². The Morgan fingerprint density at radius 2 is 2.30 bits per heavy atom. The second-order valence-electron chi connectivity index (χ2n) is 4.83. The zero-order valence-corrected chi connectivity index (χ0v) is 14.6. The number of nitrogens with zero attached hydrogens (tertiary/aromatic N) is 3. The highest BCUT2D eigenvalue weighted by atomic mass is 127. The van der Waals surface area contributed by atoms with Crippen LogP contribution in [0.2, 0.25) is 0 Å². The minimum absolute atomic E-state index is 0.106. The van der Waals surface area contributed by atoms with Gasteiger partial charge in [0.1, 0.15) is 12.0 Å². The van der Waals surface area contributed by atoms with Crippen molar-refractivity contribution in [1.82, 2.24) is 9.97 Å². The molecule has 3 heterocycles. The second-order valence-corrected chi connectivity index (χ2v) is 6.00. The van der Waals surface area contributed by atoms with E-state index in [1.165, 1.54) is 11.2 Å². The van der Waals surface area contributed by atoms with Gasteiger partial charge < -0.3 is 13.9 Å². The van der Waals surface area contributed by atoms with Gasteiger partial charge in [0.15, 0.2) is 5.75 Å². The summed E-state index contributed by atoms with van der Waals surface area (Å²) >= 11 is 2.05. The van der Waals surface area contributed by atoms with Gasteiger partial charge in [-0.25, -0.2) is 4.98 Å². The van der Waals surface area contributed by atoms with E-state index in [0.717, 1.165) is 0 Å². The Labute approximate surface area is 146 Å². The Bertz CT molecular complexity index is 759. The summed E-state index contributed by atoms with van der Waals surface area (Å²) in [6, 6.07) is 1.97. The van der Waals surface area contributed by atoms with Crippen LogP contribution in [0, 0.1) is 10.5 Å². The van der Waals surface area contributed by atoms with Crippen molar-refractivity contribution in [2.24, 2.45) is 0 Å². The molecular formula is C15H14IN3O4. The number of halogens is 1. The van der Waals surface area contributed by atoms with Crippen molar-refractivity contribution in [2.45, 2.75) is 13.3 Å². The molecule has 0 saturated heterocycles. The zero-order chi connectivity index (χ0) is 16.4. The predicted octanol–water partition coefficient (Wildman–Crippen LogP) is 2.93. The third-order valence-corrected chi connectivity index (χ3v) is 3.98. The average molecular weight is 427 g/mol. The van der Waals surface area contributed by atoms with Gasteiger partial charge in [-0.05, 0) is 35.9 Å². The number of amides is 1. The summed E-state index contributed by atoms with van der Waals surface area (Å²) in [4.78, 5) is 22.9. The third kappa shape index (κ3) is 3.16. The molecule has 1 amide bonds. The van der Waals surface area contributed by atoms with E-state index in [2.05, 4.69) is 16.5 Å². The van der Waals surface area contributed by atoms with Gasteiger partial charge in [0.2, 0.25) is 6.79 Å². The summed E-state index contributed by atoms with van der Waals surface area (Å²) < 4.78 is 16.6. The van der Waals surface area contributed by atoms with E-state index in [9.17, 15) is 4.79 Å². The lowest BCUT2D eigenvalue weighted by Gasteiger charge is -2.18. The van der Waals surface area contributed by atoms with Crippen LogP contribution >= 0.6 is 22.6 Å². The maximum Gasteiger partial charge on any atom is 0.304 e. The Morgan fingerprint density at radius 1 is 1.48 bits per heavy atom. The lowest BCUT2D eigenvalue weighted by molar-refractivity contribution is 0.0975. The van der Waals surface area contributed by atoms with Gasteiger partial charge in [-0.1, -0.05) is 6.08 Å². The SMILES string of the molecule is C=CCCN(C(=O)c1nc2c(cc1I)OCO2)c1nc(C)co1. The highest BCUT2D eigenvalue weighted by Crippen LogP contribution is 2.33. The van der Waals surface area contributed by atoms with Crippen LogP contribution in [0.25, 0.3) is 0 Å². The van der Waals surface area contributed by atoms with Gasteiger partial charge in [-0.2, -0.15) is 4.98 Å². The molecule has 0 atom stereocenters. The van der Waals surface area contributed by atoms with Crippen LogP contribution < -0.4 is 14.4 Å². The molecule has 0 radical (unpaired) electrons. The van der Waals surface area contributed by atoms with Crippen LogP contribution in [0.5, 0.6) is 11.6 Å². The molecule has 8 heteroatoms. The van der Waals surface area contributed by atoms with Gasteiger partial charge >= 0.3 is 6.01 Å². The topological polar surface area (TPSA) is 77.7 Å². The fourth-order valence-electron chi connectivity index (χ4n) is 2.06. The largest absolute Gasteiger partial charge is 0.452 e. The minimum Gasteiger partial charge on any atom is -0.452 e. The first kappa shape index (κ1) is 15.8. The molecule has 0 saturated carbocycles. The summed E-state index contributed by atoms with van der Waals surface area (Å²) in [6.45, 7) is 5.99. The van der Waals surface area contributed by atoms with Crippen molar-refractivity contribution >= 4 is 34.5 Å². The van der Waals surface area contributed by atoms with E-state index in [1.807, 2.05) is 22.6 Å². The molecular weight excluding hydrogens is 413 g/mol. The second kappa shape index (κ2) is 6.57. The first-order chi connectivity index (χ1) is 11.1. The Hall–Kier alpha value is -2.10. The van der Waals surface area contributed by atoms with Crippen LogP contribution in [-0.4, -0.2) is 29.2 Å². The molecule has 0 unspecified atom stereocenters. The van der Waals surface area contributed by atoms with Crippen LogP contribution in [-0.2, 0) is 0 Å². The number of fused-ring (bicyclic) bond motifs is 1. The number of carbonyl (C=O) groups is 1. The van der Waals surface area contributed by atoms with Crippen LogP contribution in [0.15, 0.2) is 29.4 Å². The van der Waals surface area contributed by atoms with Gasteiger partial charge in [0.05, 0.1) is 5.69 Å². The van der Waals surface area contributed by atoms with Crippen molar-refractivity contribution < 1.29 is 18.7 Å². The summed E-state index contributed by atoms with van der Waals surface area (Å²) in [5.41, 5.74) is 0.972. The van der Waals surface area contributed by atoms with E-state index in [0.29, 0.717) is 33.9 Å². The molecule has 0 fully saturated rings. The number of aryl methyl sites for hydroxylation is 1. The number of rotatable bonds is 5. The first-order valence-electron chi connectivity index (χ1n) is 6.91. The minimum atomic E-state index is -0.309. The van der Waals surface area contributed by atoms with Crippen LogP contribution in [0.4, 0.5) is 6.01 Å². The average Bonchev–Trinajstić information content (AvgIpc) is 3.15. The molecule has 3 rings (SSSR count). The number of aromatic nitrogens is 2. The number of carbonyl (C=O) groups excluding carboxylic acids is 1. The van der Waals surface area contributed by atoms with Crippen molar-refractivity contribution in [1.29, 1.82) is 0 Å². The van der Waals surface area contributed by atoms with Gasteiger partial charge in [-0.3, -0.25) is 9.69 Å². The number of ether oxygens (including phenoxy) is 2. The molecule has 7 nitrogen and oxygen atoms in total. The number of anilines is 1. The molecule has 0 aromatic carbocycles. The summed E-state index contributed by atoms with van der Waals surface area (Å²) in [6.07, 6.45) is 3.84. The van der Waals surface area contributed by atoms with E-state index in [1.54, 1.807) is 19.1 Å². The smallest absolute Gasteiger partial charge is 0.304 e. The molecule has 0 bridgehead atoms. The highest BCUT2D eigenvalue weighted by Gasteiger charge is 2.27. The molecule has 0 N–H and O–H groups in total. The van der Waals surface area contributed by atoms with E-state index in [-0.39, 0.29) is 24.4 Å². The maximum absolute atomic E-state index is 12.9. The first-order valence-corrected chi connectivity index (χ1v) is 7.99. The number of oxazole rings is 1. The third-order valence-electron chi connectivity index (χ3n) is 3.16. The number of hydrogen-bond acceptors (Lipinski definition) is 6. The van der Waals surface area contributed by atoms with Crippen LogP contribution in [0.3, 0.4) is 0 Å². The summed E-state index contributed by atoms with van der Waals surface area (Å²) in [5, 5.41) is 0. The van der Waals surface area contributed by atoms with Crippen molar-refractivity contribution in [3.05, 3.63) is 39.9 Å². The van der Waals surface area contributed by atoms with Crippen molar-refractivity contribution in [3.63, 3.8) is 0 Å². The summed E-state index contributed by atoms with van der Waals surface area (Å²) in [7, 11) is 0. The lowest BCUT2D eigenvalue weighted by Crippen LogP contribution is -2.33. The standard InChI is InChI=1S/C15H14IN3O4/c1-3-4-5-19(15-17-9(2)7-21-15)14(20)12-10(16)6-11-13(18-12)23-8-22-11/h3,6-7H,1,4-5,8H2,2H3. The molecule has 2 aromatic rings. The van der Waals surface area contributed by atoms with E-state index in [4.69, 9.17) is 13.9 Å². The normalized spacial score (nSPS) is 12.3. The van der Waals surface area contributed by atoms with Crippen LogP contribution in [0.1, 0.15) is 22.6 Å². The van der Waals surface area contributed by atoms with E-state index < -0.39 is 0 Å². The maximum atomic E-state index is 12.9. The molecule has 0 aliphatic carbocycles. The quantitative estimate of drug-likeness (QED) is 0.540.